The van der Waals surface area contributed by atoms with Crippen LogP contribution in [0.2, 0.25) is 10.0 Å². The Morgan fingerprint density at radius 3 is 2.13 bits per heavy atom. The molecule has 0 saturated heterocycles. The summed E-state index contributed by atoms with van der Waals surface area (Å²) in [6.07, 6.45) is 0. The third kappa shape index (κ3) is 3.51. The summed E-state index contributed by atoms with van der Waals surface area (Å²) in [4.78, 5) is 38.9. The fourth-order valence-electron chi connectivity index (χ4n) is 3.38. The summed E-state index contributed by atoms with van der Waals surface area (Å²) >= 11 is 15.3. The quantitative estimate of drug-likeness (QED) is 0.328. The summed E-state index contributed by atoms with van der Waals surface area (Å²) in [5.41, 5.74) is 2.37. The molecule has 2 N–H and O–H groups in total. The lowest BCUT2D eigenvalue weighted by Crippen LogP contribution is -2.27. The van der Waals surface area contributed by atoms with Crippen molar-refractivity contribution in [2.45, 2.75) is 6.92 Å². The number of aryl methyl sites for hydroxylation is 1. The van der Waals surface area contributed by atoms with Crippen molar-refractivity contribution in [2.24, 2.45) is 0 Å². The van der Waals surface area contributed by atoms with Crippen LogP contribution in [0, 0.1) is 6.92 Å². The van der Waals surface area contributed by atoms with Gasteiger partial charge in [0.15, 0.2) is 11.6 Å². The third-order valence-electron chi connectivity index (χ3n) is 4.76. The smallest absolute Gasteiger partial charge is 0.308 e. The topological polar surface area (TPSA) is 75.3 Å². The standard InChI is InChI=1S/C22H13BrCl2N2O3/c1-10-8-14(23)17-18(21(29)13-5-3-2-4-12(13)20(17)28)19(10)27-22(30)26-11-6-7-15(24)16(25)9-11/h2-9H,1H3,(H2,26,27,30). The second kappa shape index (κ2) is 7.87. The lowest BCUT2D eigenvalue weighted by atomic mass is 9.82. The average molecular weight is 504 g/mol. The first-order chi connectivity index (χ1) is 14.3. The number of urea groups is 1. The third-order valence-corrected chi connectivity index (χ3v) is 6.13. The van der Waals surface area contributed by atoms with Crippen molar-refractivity contribution in [1.82, 2.24) is 0 Å². The van der Waals surface area contributed by atoms with Crippen molar-refractivity contribution in [1.29, 1.82) is 0 Å². The van der Waals surface area contributed by atoms with E-state index in [4.69, 9.17) is 23.2 Å². The molecular formula is C22H13BrCl2N2O3. The van der Waals surface area contributed by atoms with Crippen molar-refractivity contribution >= 4 is 68.1 Å². The molecule has 0 heterocycles. The molecule has 0 radical (unpaired) electrons. The maximum atomic E-state index is 13.2. The molecule has 0 aromatic heterocycles. The van der Waals surface area contributed by atoms with Gasteiger partial charge >= 0.3 is 6.03 Å². The highest BCUT2D eigenvalue weighted by Gasteiger charge is 2.34. The van der Waals surface area contributed by atoms with E-state index in [1.807, 2.05) is 0 Å². The molecule has 3 aromatic carbocycles. The maximum absolute atomic E-state index is 13.2. The lowest BCUT2D eigenvalue weighted by molar-refractivity contribution is 0.0979. The van der Waals surface area contributed by atoms with E-state index in [9.17, 15) is 14.4 Å². The second-order valence-electron chi connectivity index (χ2n) is 6.71. The Morgan fingerprint density at radius 2 is 1.50 bits per heavy atom. The van der Waals surface area contributed by atoms with Gasteiger partial charge in [-0.1, -0.05) is 47.5 Å². The Kier molecular flexibility index (Phi) is 5.40. The zero-order chi connectivity index (χ0) is 21.6. The van der Waals surface area contributed by atoms with Gasteiger partial charge in [0.1, 0.15) is 0 Å². The molecule has 4 rings (SSSR count). The Labute approximate surface area is 190 Å². The minimum absolute atomic E-state index is 0.162. The number of ketones is 2. The van der Waals surface area contributed by atoms with Crippen molar-refractivity contribution < 1.29 is 14.4 Å². The molecule has 0 bridgehead atoms. The van der Waals surface area contributed by atoms with E-state index in [1.54, 1.807) is 49.4 Å². The van der Waals surface area contributed by atoms with E-state index in [2.05, 4.69) is 26.6 Å². The number of carbonyl (C=O) groups excluding carboxylic acids is 3. The summed E-state index contributed by atoms with van der Waals surface area (Å²) in [5.74, 6) is -0.602. The number of hydrogen-bond donors (Lipinski definition) is 2. The molecular weight excluding hydrogens is 491 g/mol. The zero-order valence-corrected chi connectivity index (χ0v) is 18.6. The van der Waals surface area contributed by atoms with Gasteiger partial charge in [-0.15, -0.1) is 0 Å². The van der Waals surface area contributed by atoms with Gasteiger partial charge < -0.3 is 10.6 Å². The van der Waals surface area contributed by atoms with Crippen LogP contribution in [0.25, 0.3) is 0 Å². The molecule has 0 unspecified atom stereocenters. The number of anilines is 2. The predicted molar refractivity (Wildman–Crippen MR) is 121 cm³/mol. The normalized spacial score (nSPS) is 12.3. The molecule has 150 valence electrons. The number of nitrogens with one attached hydrogen (secondary N) is 2. The van der Waals surface area contributed by atoms with Crippen molar-refractivity contribution in [2.75, 3.05) is 10.6 Å². The first kappa shape index (κ1) is 20.6. The second-order valence-corrected chi connectivity index (χ2v) is 8.38. The van der Waals surface area contributed by atoms with Gasteiger partial charge in [0.05, 0.1) is 26.9 Å². The summed E-state index contributed by atoms with van der Waals surface area (Å²) < 4.78 is 0.498. The van der Waals surface area contributed by atoms with Crippen LogP contribution in [-0.4, -0.2) is 17.6 Å². The largest absolute Gasteiger partial charge is 0.323 e. The van der Waals surface area contributed by atoms with Gasteiger partial charge in [0.25, 0.3) is 0 Å². The number of halogens is 3. The molecule has 8 heteroatoms. The van der Waals surface area contributed by atoms with Crippen molar-refractivity contribution in [3.8, 4) is 0 Å². The van der Waals surface area contributed by atoms with Crippen LogP contribution in [0.5, 0.6) is 0 Å². The molecule has 1 aliphatic carbocycles. The van der Waals surface area contributed by atoms with E-state index >= 15 is 0 Å². The summed E-state index contributed by atoms with van der Waals surface area (Å²) in [7, 11) is 0. The van der Waals surface area contributed by atoms with Gasteiger partial charge in [0, 0.05) is 21.3 Å². The number of carbonyl (C=O) groups is 3. The fraction of sp³-hybridized carbons (Fsp3) is 0.0455. The SMILES string of the molecule is Cc1cc(Br)c2c(c1NC(=O)Nc1ccc(Cl)c(Cl)c1)C(=O)c1ccccc1C2=O. The van der Waals surface area contributed by atoms with Crippen LogP contribution in [0.1, 0.15) is 37.4 Å². The zero-order valence-electron chi connectivity index (χ0n) is 15.5. The molecule has 2 amide bonds. The van der Waals surface area contributed by atoms with Gasteiger partial charge in [0.2, 0.25) is 0 Å². The van der Waals surface area contributed by atoms with Gasteiger partial charge in [-0.25, -0.2) is 4.79 Å². The van der Waals surface area contributed by atoms with Crippen molar-refractivity contribution in [3.05, 3.63) is 90.9 Å². The molecule has 0 atom stereocenters. The first-order valence-electron chi connectivity index (χ1n) is 8.82. The van der Waals surface area contributed by atoms with Crippen LogP contribution >= 0.6 is 39.1 Å². The minimum Gasteiger partial charge on any atom is -0.308 e. The number of rotatable bonds is 2. The Bertz CT molecular complexity index is 1260. The van der Waals surface area contributed by atoms with Crippen LogP contribution in [0.3, 0.4) is 0 Å². The Morgan fingerprint density at radius 1 is 0.867 bits per heavy atom. The monoisotopic (exact) mass is 502 g/mol. The number of amides is 2. The summed E-state index contributed by atoms with van der Waals surface area (Å²) in [6.45, 7) is 1.75. The van der Waals surface area contributed by atoms with E-state index in [1.165, 1.54) is 6.07 Å². The van der Waals surface area contributed by atoms with Gasteiger partial charge in [-0.3, -0.25) is 9.59 Å². The molecule has 0 aliphatic heterocycles. The molecule has 30 heavy (non-hydrogen) atoms. The van der Waals surface area contributed by atoms with E-state index in [-0.39, 0.29) is 28.4 Å². The molecule has 0 spiro atoms. The average Bonchev–Trinajstić information content (AvgIpc) is 2.71. The predicted octanol–water partition coefficient (Wildman–Crippen LogP) is 6.48. The lowest BCUT2D eigenvalue weighted by Gasteiger charge is -2.23. The number of fused-ring (bicyclic) bond motifs is 2. The number of benzene rings is 3. The van der Waals surface area contributed by atoms with Gasteiger partial charge in [-0.05, 0) is 52.7 Å². The summed E-state index contributed by atoms with van der Waals surface area (Å²) in [6, 6.07) is 12.4. The van der Waals surface area contributed by atoms with Crippen LogP contribution < -0.4 is 10.6 Å². The molecule has 1 aliphatic rings. The molecule has 0 saturated carbocycles. The van der Waals surface area contributed by atoms with E-state index in [0.717, 1.165) is 0 Å². The number of hydrogen-bond acceptors (Lipinski definition) is 3. The van der Waals surface area contributed by atoms with Crippen LogP contribution in [0.15, 0.2) is 53.0 Å². The minimum atomic E-state index is -0.583. The molecule has 5 nitrogen and oxygen atoms in total. The first-order valence-corrected chi connectivity index (χ1v) is 10.4. The van der Waals surface area contributed by atoms with Crippen molar-refractivity contribution in [3.63, 3.8) is 0 Å². The Balaban J connectivity index is 1.74. The highest BCUT2D eigenvalue weighted by atomic mass is 79.9. The van der Waals surface area contributed by atoms with Gasteiger partial charge in [-0.2, -0.15) is 0 Å². The highest BCUT2D eigenvalue weighted by Crippen LogP contribution is 2.38. The van der Waals surface area contributed by atoms with E-state index in [0.29, 0.717) is 36.9 Å². The fourth-order valence-corrected chi connectivity index (χ4v) is 4.40. The molecule has 0 fully saturated rings. The summed E-state index contributed by atoms with van der Waals surface area (Å²) in [5, 5.41) is 6.02. The van der Waals surface area contributed by atoms with E-state index < -0.39 is 6.03 Å². The van der Waals surface area contributed by atoms with Crippen LogP contribution in [0.4, 0.5) is 16.2 Å². The van der Waals surface area contributed by atoms with Crippen LogP contribution in [-0.2, 0) is 0 Å². The Hall–Kier alpha value is -2.67. The maximum Gasteiger partial charge on any atom is 0.323 e. The highest BCUT2D eigenvalue weighted by molar-refractivity contribution is 9.10. The molecule has 3 aromatic rings.